The van der Waals surface area contributed by atoms with E-state index in [0.717, 1.165) is 10.4 Å². The second kappa shape index (κ2) is 8.61. The number of nitrogens with zero attached hydrogens (tertiary/aromatic N) is 2. The van der Waals surface area contributed by atoms with E-state index in [1.54, 1.807) is 31.4 Å². The Kier molecular flexibility index (Phi) is 5.73. The minimum absolute atomic E-state index is 0.0686. The molecule has 31 heavy (non-hydrogen) atoms. The van der Waals surface area contributed by atoms with Gasteiger partial charge in [-0.1, -0.05) is 12.1 Å². The Hall–Kier alpha value is -3.65. The van der Waals surface area contributed by atoms with Crippen molar-refractivity contribution in [3.05, 3.63) is 81.8 Å². The first kappa shape index (κ1) is 20.6. The summed E-state index contributed by atoms with van der Waals surface area (Å²) in [5.41, 5.74) is 1.27. The Balaban J connectivity index is 1.79. The van der Waals surface area contributed by atoms with E-state index < -0.39 is 17.7 Å². The number of ether oxygens (including phenoxy) is 2. The van der Waals surface area contributed by atoms with Crippen LogP contribution in [0.2, 0.25) is 0 Å². The van der Waals surface area contributed by atoms with Crippen molar-refractivity contribution >= 4 is 28.8 Å². The summed E-state index contributed by atoms with van der Waals surface area (Å²) in [4.78, 5) is 32.2. The van der Waals surface area contributed by atoms with Gasteiger partial charge in [0.25, 0.3) is 11.7 Å². The summed E-state index contributed by atoms with van der Waals surface area (Å²) in [5, 5.41) is 12.8. The van der Waals surface area contributed by atoms with E-state index in [-0.39, 0.29) is 17.9 Å². The van der Waals surface area contributed by atoms with E-state index in [2.05, 4.69) is 4.98 Å². The summed E-state index contributed by atoms with van der Waals surface area (Å²) in [5.74, 6) is -0.493. The van der Waals surface area contributed by atoms with Crippen LogP contribution in [0.1, 0.15) is 22.0 Å². The van der Waals surface area contributed by atoms with E-state index in [9.17, 15) is 14.7 Å². The monoisotopic (exact) mass is 436 g/mol. The molecule has 1 saturated heterocycles. The lowest BCUT2D eigenvalue weighted by Gasteiger charge is -2.24. The first-order chi connectivity index (χ1) is 15.0. The van der Waals surface area contributed by atoms with Crippen molar-refractivity contribution in [2.45, 2.75) is 12.6 Å². The maximum atomic E-state index is 13.0. The van der Waals surface area contributed by atoms with Crippen molar-refractivity contribution < 1.29 is 24.2 Å². The molecule has 8 heteroatoms. The molecule has 1 fully saturated rings. The van der Waals surface area contributed by atoms with Crippen LogP contribution in [0.3, 0.4) is 0 Å². The molecule has 1 aliphatic heterocycles. The number of ketones is 1. The maximum Gasteiger partial charge on any atom is 0.295 e. The van der Waals surface area contributed by atoms with Crippen LogP contribution >= 0.6 is 11.3 Å². The molecule has 1 unspecified atom stereocenters. The van der Waals surface area contributed by atoms with Crippen molar-refractivity contribution in [3.8, 4) is 11.5 Å². The molecule has 0 aliphatic carbocycles. The van der Waals surface area contributed by atoms with Crippen LogP contribution in [0, 0.1) is 0 Å². The molecule has 2 aromatic heterocycles. The average molecular weight is 436 g/mol. The first-order valence-corrected chi connectivity index (χ1v) is 10.4. The normalized spacial score (nSPS) is 17.7. The molecule has 1 aliphatic rings. The number of pyridine rings is 1. The molecule has 0 bridgehead atoms. The second-order valence-corrected chi connectivity index (χ2v) is 7.85. The Morgan fingerprint density at radius 3 is 2.48 bits per heavy atom. The van der Waals surface area contributed by atoms with Gasteiger partial charge >= 0.3 is 0 Å². The van der Waals surface area contributed by atoms with Gasteiger partial charge in [0, 0.05) is 29.4 Å². The zero-order valence-corrected chi connectivity index (χ0v) is 17.8. The van der Waals surface area contributed by atoms with Crippen LogP contribution in [-0.4, -0.2) is 40.9 Å². The topological polar surface area (TPSA) is 89.0 Å². The maximum absolute atomic E-state index is 13.0. The fourth-order valence-corrected chi connectivity index (χ4v) is 4.47. The van der Waals surface area contributed by atoms with E-state index >= 15 is 0 Å². The van der Waals surface area contributed by atoms with Gasteiger partial charge in [-0.05, 0) is 41.3 Å². The Morgan fingerprint density at radius 2 is 1.84 bits per heavy atom. The number of thiophene rings is 1. The summed E-state index contributed by atoms with van der Waals surface area (Å²) in [6.45, 7) is 0.167. The lowest BCUT2D eigenvalue weighted by Crippen LogP contribution is -2.28. The average Bonchev–Trinajstić information content (AvgIpc) is 3.42. The largest absolute Gasteiger partial charge is 0.507 e. The molecule has 3 aromatic rings. The third kappa shape index (κ3) is 3.77. The molecule has 0 radical (unpaired) electrons. The quantitative estimate of drug-likeness (QED) is 0.359. The van der Waals surface area contributed by atoms with Crippen LogP contribution in [0.4, 0.5) is 0 Å². The first-order valence-electron chi connectivity index (χ1n) is 9.48. The molecule has 4 rings (SSSR count). The number of carbonyl (C=O) groups excluding carboxylic acids is 2. The Labute approximate surface area is 183 Å². The molecule has 1 atom stereocenters. The molecular weight excluding hydrogens is 416 g/mol. The van der Waals surface area contributed by atoms with Gasteiger partial charge in [0.1, 0.15) is 5.76 Å². The van der Waals surface area contributed by atoms with Gasteiger partial charge in [0.15, 0.2) is 11.5 Å². The van der Waals surface area contributed by atoms with Crippen molar-refractivity contribution in [2.75, 3.05) is 14.2 Å². The van der Waals surface area contributed by atoms with E-state index in [1.807, 2.05) is 23.6 Å². The summed E-state index contributed by atoms with van der Waals surface area (Å²) in [6.07, 6.45) is 3.05. The van der Waals surface area contributed by atoms with Gasteiger partial charge in [0.05, 0.1) is 25.8 Å². The number of likely N-dealkylation sites (tertiary alicyclic amines) is 1. The predicted molar refractivity (Wildman–Crippen MR) is 116 cm³/mol. The number of hydrogen-bond acceptors (Lipinski definition) is 7. The fraction of sp³-hybridized carbons (Fsp3) is 0.174. The van der Waals surface area contributed by atoms with Gasteiger partial charge in [-0.15, -0.1) is 11.3 Å². The zero-order valence-electron chi connectivity index (χ0n) is 16.9. The van der Waals surface area contributed by atoms with E-state index in [1.165, 1.54) is 35.7 Å². The van der Waals surface area contributed by atoms with Gasteiger partial charge in [-0.2, -0.15) is 0 Å². The minimum atomic E-state index is -0.715. The predicted octanol–water partition coefficient (Wildman–Crippen LogP) is 3.78. The van der Waals surface area contributed by atoms with Gasteiger partial charge in [0.2, 0.25) is 0 Å². The molecule has 3 heterocycles. The standard InChI is InChI=1S/C23H20N2O5S/c1-29-16-6-5-14(12-17(16)30-2)13-25-20(18-4-3-11-31-18)19(22(27)23(25)28)21(26)15-7-9-24-10-8-15/h3-12,20,26H,13H2,1-2H3/b21-19-. The van der Waals surface area contributed by atoms with Crippen LogP contribution in [0.5, 0.6) is 11.5 Å². The molecule has 0 saturated carbocycles. The number of methoxy groups -OCH3 is 2. The van der Waals surface area contributed by atoms with Crippen LogP contribution < -0.4 is 9.47 Å². The number of Topliss-reactive ketones (excluding diaryl/α,β-unsaturated/α-hetero) is 1. The van der Waals surface area contributed by atoms with Crippen molar-refractivity contribution in [1.29, 1.82) is 0 Å². The summed E-state index contributed by atoms with van der Waals surface area (Å²) in [6, 6.07) is 11.5. The van der Waals surface area contributed by atoms with Gasteiger partial charge in [-0.3, -0.25) is 14.6 Å². The van der Waals surface area contributed by atoms with E-state index in [0.29, 0.717) is 17.1 Å². The number of amides is 1. The van der Waals surface area contributed by atoms with Crippen molar-refractivity contribution in [1.82, 2.24) is 9.88 Å². The molecule has 7 nitrogen and oxygen atoms in total. The number of aliphatic hydroxyl groups excluding tert-OH is 1. The Bertz CT molecular complexity index is 1140. The highest BCUT2D eigenvalue weighted by Gasteiger charge is 2.46. The number of carbonyl (C=O) groups is 2. The van der Waals surface area contributed by atoms with Crippen LogP contribution in [0.15, 0.2) is 65.8 Å². The highest BCUT2D eigenvalue weighted by Crippen LogP contribution is 2.42. The van der Waals surface area contributed by atoms with E-state index in [4.69, 9.17) is 9.47 Å². The second-order valence-electron chi connectivity index (χ2n) is 6.87. The lowest BCUT2D eigenvalue weighted by atomic mass is 10.0. The number of benzene rings is 1. The summed E-state index contributed by atoms with van der Waals surface area (Å²) >= 11 is 1.42. The van der Waals surface area contributed by atoms with Crippen LogP contribution in [-0.2, 0) is 16.1 Å². The third-order valence-corrected chi connectivity index (χ3v) is 6.03. The van der Waals surface area contributed by atoms with Gasteiger partial charge < -0.3 is 19.5 Å². The number of aromatic nitrogens is 1. The fourth-order valence-electron chi connectivity index (χ4n) is 3.63. The summed E-state index contributed by atoms with van der Waals surface area (Å²) < 4.78 is 10.6. The van der Waals surface area contributed by atoms with Crippen molar-refractivity contribution in [2.24, 2.45) is 0 Å². The minimum Gasteiger partial charge on any atom is -0.507 e. The third-order valence-electron chi connectivity index (χ3n) is 5.11. The Morgan fingerprint density at radius 1 is 1.10 bits per heavy atom. The molecule has 1 N–H and O–H groups in total. The summed E-state index contributed by atoms with van der Waals surface area (Å²) in [7, 11) is 3.08. The molecule has 0 spiro atoms. The lowest BCUT2D eigenvalue weighted by molar-refractivity contribution is -0.140. The molecular formula is C23H20N2O5S. The smallest absolute Gasteiger partial charge is 0.295 e. The van der Waals surface area contributed by atoms with Crippen LogP contribution in [0.25, 0.3) is 5.76 Å². The highest BCUT2D eigenvalue weighted by atomic mass is 32.1. The number of hydrogen-bond donors (Lipinski definition) is 1. The van der Waals surface area contributed by atoms with Crippen molar-refractivity contribution in [3.63, 3.8) is 0 Å². The molecule has 1 amide bonds. The number of rotatable bonds is 6. The van der Waals surface area contributed by atoms with Gasteiger partial charge in [-0.25, -0.2) is 0 Å². The highest BCUT2D eigenvalue weighted by molar-refractivity contribution is 7.10. The SMILES string of the molecule is COc1ccc(CN2C(=O)C(=O)/C(=C(\O)c3ccncc3)C2c2cccs2)cc1OC. The number of aliphatic hydroxyl groups is 1. The molecule has 158 valence electrons. The molecule has 1 aromatic carbocycles. The zero-order chi connectivity index (χ0) is 22.0.